The van der Waals surface area contributed by atoms with Gasteiger partial charge in [0.15, 0.2) is 0 Å². The maximum Gasteiger partial charge on any atom is 0.137 e. The molecule has 0 spiro atoms. The fraction of sp³-hybridized carbons (Fsp3) is 0.143. The van der Waals surface area contributed by atoms with Gasteiger partial charge in [0, 0.05) is 30.7 Å². The van der Waals surface area contributed by atoms with Crippen LogP contribution in [0.5, 0.6) is 0 Å². The van der Waals surface area contributed by atoms with Crippen molar-refractivity contribution in [3.63, 3.8) is 0 Å². The summed E-state index contributed by atoms with van der Waals surface area (Å²) < 4.78 is 1.90. The van der Waals surface area contributed by atoms with Crippen LogP contribution in [-0.2, 0) is 6.42 Å². The van der Waals surface area contributed by atoms with Crippen LogP contribution >= 0.6 is 0 Å². The van der Waals surface area contributed by atoms with Gasteiger partial charge in [-0.2, -0.15) is 0 Å². The van der Waals surface area contributed by atoms with Crippen LogP contribution in [0.15, 0.2) is 55.0 Å². The van der Waals surface area contributed by atoms with E-state index >= 15 is 0 Å². The average Bonchev–Trinajstić information content (AvgIpc) is 2.84. The van der Waals surface area contributed by atoms with Gasteiger partial charge in [0.1, 0.15) is 11.8 Å². The summed E-state index contributed by atoms with van der Waals surface area (Å²) >= 11 is 0. The molecule has 0 aliphatic rings. The molecule has 0 aromatic carbocycles. The summed E-state index contributed by atoms with van der Waals surface area (Å²) in [5.74, 6) is 0. The Morgan fingerprint density at radius 2 is 2.06 bits per heavy atom. The van der Waals surface area contributed by atoms with Crippen molar-refractivity contribution in [2.75, 3.05) is 0 Å². The minimum atomic E-state index is -0.625. The van der Waals surface area contributed by atoms with E-state index < -0.39 is 6.10 Å². The van der Waals surface area contributed by atoms with E-state index in [0.717, 1.165) is 11.3 Å². The molecule has 0 amide bonds. The minimum Gasteiger partial charge on any atom is -0.386 e. The van der Waals surface area contributed by atoms with Gasteiger partial charge < -0.3 is 9.51 Å². The van der Waals surface area contributed by atoms with E-state index in [1.165, 1.54) is 0 Å². The van der Waals surface area contributed by atoms with E-state index in [4.69, 9.17) is 0 Å². The Balaban J connectivity index is 1.86. The predicted molar refractivity (Wildman–Crippen MR) is 68.1 cm³/mol. The van der Waals surface area contributed by atoms with Gasteiger partial charge in [-0.1, -0.05) is 12.1 Å². The summed E-state index contributed by atoms with van der Waals surface area (Å²) in [5.41, 5.74) is 2.38. The first-order chi connectivity index (χ1) is 8.83. The van der Waals surface area contributed by atoms with Gasteiger partial charge in [-0.15, -0.1) is 0 Å². The number of pyridine rings is 2. The molecule has 4 heteroatoms. The fourth-order valence-electron chi connectivity index (χ4n) is 1.94. The summed E-state index contributed by atoms with van der Waals surface area (Å²) in [7, 11) is 0. The SMILES string of the molecule is OC(Cc1ccccn1)c1cn2ccccc2n1. The van der Waals surface area contributed by atoms with Crippen LogP contribution in [0.1, 0.15) is 17.5 Å². The molecule has 1 atom stereocenters. The van der Waals surface area contributed by atoms with Crippen molar-refractivity contribution in [2.45, 2.75) is 12.5 Å². The van der Waals surface area contributed by atoms with Gasteiger partial charge in [0.05, 0.1) is 5.69 Å². The van der Waals surface area contributed by atoms with Crippen molar-refractivity contribution in [1.29, 1.82) is 0 Å². The summed E-state index contributed by atoms with van der Waals surface area (Å²) in [4.78, 5) is 8.60. The van der Waals surface area contributed by atoms with E-state index in [2.05, 4.69) is 9.97 Å². The largest absolute Gasteiger partial charge is 0.386 e. The lowest BCUT2D eigenvalue weighted by Crippen LogP contribution is -2.03. The molecule has 1 unspecified atom stereocenters. The standard InChI is InChI=1S/C14H13N3O/c18-13(9-11-5-1-3-7-15-11)12-10-17-8-4-2-6-14(17)16-12/h1-8,10,13,18H,9H2. The lowest BCUT2D eigenvalue weighted by Gasteiger charge is -2.06. The number of rotatable bonds is 3. The number of fused-ring (bicyclic) bond motifs is 1. The highest BCUT2D eigenvalue weighted by Crippen LogP contribution is 2.17. The van der Waals surface area contributed by atoms with Crippen molar-refractivity contribution in [2.24, 2.45) is 0 Å². The molecular weight excluding hydrogens is 226 g/mol. The van der Waals surface area contributed by atoms with E-state index in [1.54, 1.807) is 6.20 Å². The van der Waals surface area contributed by atoms with E-state index in [9.17, 15) is 5.11 Å². The molecule has 3 heterocycles. The Morgan fingerprint density at radius 1 is 1.17 bits per heavy atom. The van der Waals surface area contributed by atoms with Gasteiger partial charge in [-0.05, 0) is 24.3 Å². The second-order valence-corrected chi connectivity index (χ2v) is 4.17. The van der Waals surface area contributed by atoms with Gasteiger partial charge in [-0.3, -0.25) is 4.98 Å². The highest BCUT2D eigenvalue weighted by molar-refractivity contribution is 5.39. The Kier molecular flexibility index (Phi) is 2.78. The number of aromatic nitrogens is 3. The molecule has 0 radical (unpaired) electrons. The molecule has 0 bridgehead atoms. The Labute approximate surface area is 105 Å². The molecule has 3 aromatic rings. The maximum absolute atomic E-state index is 10.2. The van der Waals surface area contributed by atoms with Gasteiger partial charge in [0.2, 0.25) is 0 Å². The fourth-order valence-corrected chi connectivity index (χ4v) is 1.94. The number of nitrogens with zero attached hydrogens (tertiary/aromatic N) is 3. The monoisotopic (exact) mass is 239 g/mol. The van der Waals surface area contributed by atoms with E-state index in [-0.39, 0.29) is 0 Å². The van der Waals surface area contributed by atoms with Crippen molar-refractivity contribution in [3.8, 4) is 0 Å². The number of imidazole rings is 1. The average molecular weight is 239 g/mol. The lowest BCUT2D eigenvalue weighted by molar-refractivity contribution is 0.173. The molecule has 3 aromatic heterocycles. The van der Waals surface area contributed by atoms with Crippen molar-refractivity contribution in [1.82, 2.24) is 14.4 Å². The molecule has 3 rings (SSSR count). The zero-order valence-electron chi connectivity index (χ0n) is 9.77. The Hall–Kier alpha value is -2.20. The van der Waals surface area contributed by atoms with Crippen LogP contribution in [0.3, 0.4) is 0 Å². The van der Waals surface area contributed by atoms with E-state index in [1.807, 2.05) is 53.2 Å². The molecule has 0 saturated carbocycles. The molecule has 0 aliphatic heterocycles. The maximum atomic E-state index is 10.2. The van der Waals surface area contributed by atoms with Crippen molar-refractivity contribution >= 4 is 5.65 Å². The molecule has 0 saturated heterocycles. The molecular formula is C14H13N3O. The topological polar surface area (TPSA) is 50.4 Å². The van der Waals surface area contributed by atoms with Crippen LogP contribution in [0.2, 0.25) is 0 Å². The van der Waals surface area contributed by atoms with Crippen molar-refractivity contribution in [3.05, 3.63) is 66.4 Å². The third-order valence-corrected chi connectivity index (χ3v) is 2.85. The normalized spacial score (nSPS) is 12.7. The quantitative estimate of drug-likeness (QED) is 0.760. The highest BCUT2D eigenvalue weighted by atomic mass is 16.3. The summed E-state index contributed by atoms with van der Waals surface area (Å²) in [6.07, 6.45) is 5.35. The Bertz CT molecular complexity index is 615. The summed E-state index contributed by atoms with van der Waals surface area (Å²) in [6, 6.07) is 11.5. The van der Waals surface area contributed by atoms with Crippen LogP contribution in [0.4, 0.5) is 0 Å². The van der Waals surface area contributed by atoms with Crippen LogP contribution < -0.4 is 0 Å². The first-order valence-corrected chi connectivity index (χ1v) is 5.84. The highest BCUT2D eigenvalue weighted by Gasteiger charge is 2.12. The van der Waals surface area contributed by atoms with Crippen molar-refractivity contribution < 1.29 is 5.11 Å². The third kappa shape index (κ3) is 2.10. The zero-order chi connectivity index (χ0) is 12.4. The molecule has 1 N–H and O–H groups in total. The zero-order valence-corrected chi connectivity index (χ0v) is 9.77. The summed E-state index contributed by atoms with van der Waals surface area (Å²) in [5, 5.41) is 10.2. The third-order valence-electron chi connectivity index (χ3n) is 2.85. The number of aliphatic hydroxyl groups is 1. The first-order valence-electron chi connectivity index (χ1n) is 5.84. The second kappa shape index (κ2) is 4.58. The van der Waals surface area contributed by atoms with Crippen LogP contribution in [0.25, 0.3) is 5.65 Å². The van der Waals surface area contributed by atoms with Crippen LogP contribution in [0, 0.1) is 0 Å². The molecule has 0 fully saturated rings. The smallest absolute Gasteiger partial charge is 0.137 e. The number of aliphatic hydroxyl groups excluding tert-OH is 1. The predicted octanol–water partition coefficient (Wildman–Crippen LogP) is 2.01. The van der Waals surface area contributed by atoms with Gasteiger partial charge >= 0.3 is 0 Å². The van der Waals surface area contributed by atoms with Crippen LogP contribution in [-0.4, -0.2) is 19.5 Å². The molecule has 4 nitrogen and oxygen atoms in total. The first kappa shape index (κ1) is 10.9. The summed E-state index contributed by atoms with van der Waals surface area (Å²) in [6.45, 7) is 0. The molecule has 90 valence electrons. The number of hydrogen-bond donors (Lipinski definition) is 1. The lowest BCUT2D eigenvalue weighted by atomic mass is 10.1. The van der Waals surface area contributed by atoms with E-state index in [0.29, 0.717) is 12.1 Å². The van der Waals surface area contributed by atoms with Gasteiger partial charge in [0.25, 0.3) is 0 Å². The molecule has 18 heavy (non-hydrogen) atoms. The number of hydrogen-bond acceptors (Lipinski definition) is 3. The second-order valence-electron chi connectivity index (χ2n) is 4.17. The van der Waals surface area contributed by atoms with Gasteiger partial charge in [-0.25, -0.2) is 4.98 Å². The minimum absolute atomic E-state index is 0.477. The Morgan fingerprint density at radius 3 is 2.83 bits per heavy atom. The molecule has 0 aliphatic carbocycles.